The van der Waals surface area contributed by atoms with Crippen molar-refractivity contribution in [2.24, 2.45) is 0 Å². The van der Waals surface area contributed by atoms with Crippen molar-refractivity contribution in [3.05, 3.63) is 63.6 Å². The Morgan fingerprint density at radius 3 is 2.70 bits per heavy atom. The van der Waals surface area contributed by atoms with Gasteiger partial charge in [0.2, 0.25) is 11.8 Å². The number of amides is 2. The van der Waals surface area contributed by atoms with Crippen molar-refractivity contribution in [1.82, 2.24) is 19.9 Å². The van der Waals surface area contributed by atoms with Crippen LogP contribution in [0.4, 0.5) is 5.13 Å². The number of imidazole rings is 1. The number of para-hydroxylation sites is 2. The number of nitrogens with zero attached hydrogens (tertiary/aromatic N) is 3. The van der Waals surface area contributed by atoms with Crippen LogP contribution in [0.25, 0.3) is 11.0 Å². The zero-order chi connectivity index (χ0) is 20.9. The largest absolute Gasteiger partial charge is 0.349 e. The standard InChI is InChI=1S/C21H21N5O2S2/c1-2-26-17-8-4-3-7-16(17)24-18(26)12-22-19(27)10-14-13-30-21(23-14)25-20(28)11-15-6-5-9-29-15/h3-9,13H,2,10-12H2,1H3,(H,22,27)(H,23,25,28). The number of benzene rings is 1. The Hall–Kier alpha value is -3.04. The van der Waals surface area contributed by atoms with Crippen molar-refractivity contribution in [2.75, 3.05) is 5.32 Å². The lowest BCUT2D eigenvalue weighted by Gasteiger charge is -2.07. The highest BCUT2D eigenvalue weighted by Crippen LogP contribution is 2.18. The molecule has 3 heterocycles. The maximum Gasteiger partial charge on any atom is 0.231 e. The summed E-state index contributed by atoms with van der Waals surface area (Å²) in [6.07, 6.45) is 0.481. The number of carbonyl (C=O) groups is 2. The van der Waals surface area contributed by atoms with E-state index in [1.807, 2.05) is 41.8 Å². The number of fused-ring (bicyclic) bond motifs is 1. The number of aromatic nitrogens is 3. The smallest absolute Gasteiger partial charge is 0.231 e. The Kier molecular flexibility index (Phi) is 6.20. The molecule has 7 nitrogen and oxygen atoms in total. The van der Waals surface area contributed by atoms with Crippen LogP contribution in [-0.2, 0) is 35.5 Å². The van der Waals surface area contributed by atoms with Crippen molar-refractivity contribution in [3.63, 3.8) is 0 Å². The maximum atomic E-state index is 12.4. The number of aryl methyl sites for hydroxylation is 1. The Balaban J connectivity index is 1.31. The summed E-state index contributed by atoms with van der Waals surface area (Å²) in [5.74, 6) is 0.583. The zero-order valence-corrected chi connectivity index (χ0v) is 18.1. The van der Waals surface area contributed by atoms with E-state index in [-0.39, 0.29) is 18.2 Å². The first-order valence-corrected chi connectivity index (χ1v) is 11.4. The van der Waals surface area contributed by atoms with Crippen LogP contribution < -0.4 is 10.6 Å². The fourth-order valence-corrected chi connectivity index (χ4v) is 4.63. The molecule has 0 saturated carbocycles. The minimum atomic E-state index is -0.133. The Labute approximate surface area is 181 Å². The van der Waals surface area contributed by atoms with Gasteiger partial charge in [0.15, 0.2) is 5.13 Å². The molecule has 4 rings (SSSR count). The number of thiophene rings is 1. The summed E-state index contributed by atoms with van der Waals surface area (Å²) >= 11 is 2.87. The van der Waals surface area contributed by atoms with E-state index in [4.69, 9.17) is 0 Å². The van der Waals surface area contributed by atoms with Gasteiger partial charge in [-0.1, -0.05) is 18.2 Å². The predicted molar refractivity (Wildman–Crippen MR) is 120 cm³/mol. The molecule has 0 fully saturated rings. The minimum absolute atomic E-state index is 0.110. The molecule has 0 aliphatic heterocycles. The van der Waals surface area contributed by atoms with E-state index in [0.717, 1.165) is 28.3 Å². The lowest BCUT2D eigenvalue weighted by atomic mass is 10.3. The molecule has 3 aromatic heterocycles. The molecule has 2 N–H and O–H groups in total. The number of rotatable bonds is 8. The second-order valence-electron chi connectivity index (χ2n) is 6.66. The van der Waals surface area contributed by atoms with Crippen LogP contribution in [0.5, 0.6) is 0 Å². The van der Waals surface area contributed by atoms with Crippen molar-refractivity contribution in [2.45, 2.75) is 32.9 Å². The lowest BCUT2D eigenvalue weighted by molar-refractivity contribution is -0.120. The number of thiazole rings is 1. The van der Waals surface area contributed by atoms with Crippen LogP contribution in [0.3, 0.4) is 0 Å². The number of anilines is 1. The van der Waals surface area contributed by atoms with Gasteiger partial charge in [0, 0.05) is 16.8 Å². The van der Waals surface area contributed by atoms with Gasteiger partial charge in [0.25, 0.3) is 0 Å². The maximum absolute atomic E-state index is 12.4. The summed E-state index contributed by atoms with van der Waals surface area (Å²) in [5, 5.41) is 9.95. The van der Waals surface area contributed by atoms with Crippen LogP contribution in [0, 0.1) is 0 Å². The van der Waals surface area contributed by atoms with Crippen LogP contribution >= 0.6 is 22.7 Å². The molecular weight excluding hydrogens is 418 g/mol. The van der Waals surface area contributed by atoms with Crippen molar-refractivity contribution >= 4 is 50.7 Å². The zero-order valence-electron chi connectivity index (χ0n) is 16.4. The molecular formula is C21H21N5O2S2. The van der Waals surface area contributed by atoms with Gasteiger partial charge in [-0.3, -0.25) is 9.59 Å². The molecule has 4 aromatic rings. The molecule has 0 spiro atoms. The van der Waals surface area contributed by atoms with Crippen molar-refractivity contribution < 1.29 is 9.59 Å². The molecule has 0 aliphatic carbocycles. The van der Waals surface area contributed by atoms with Crippen molar-refractivity contribution in [1.29, 1.82) is 0 Å². The first-order valence-electron chi connectivity index (χ1n) is 9.60. The summed E-state index contributed by atoms with van der Waals surface area (Å²) in [6, 6.07) is 11.8. The van der Waals surface area contributed by atoms with Gasteiger partial charge in [-0.25, -0.2) is 9.97 Å². The molecule has 0 unspecified atom stereocenters. The van der Waals surface area contributed by atoms with Crippen LogP contribution in [-0.4, -0.2) is 26.3 Å². The van der Waals surface area contributed by atoms with E-state index >= 15 is 0 Å². The van der Waals surface area contributed by atoms with Gasteiger partial charge in [-0.2, -0.15) is 0 Å². The van der Waals surface area contributed by atoms with E-state index in [0.29, 0.717) is 23.8 Å². The average Bonchev–Trinajstić information content (AvgIpc) is 3.46. The second kappa shape index (κ2) is 9.19. The molecule has 0 atom stereocenters. The fraction of sp³-hybridized carbons (Fsp3) is 0.238. The Bertz CT molecular complexity index is 1160. The molecule has 9 heteroatoms. The normalized spacial score (nSPS) is 11.0. The lowest BCUT2D eigenvalue weighted by Crippen LogP contribution is -2.26. The summed E-state index contributed by atoms with van der Waals surface area (Å²) < 4.78 is 2.10. The highest BCUT2D eigenvalue weighted by atomic mass is 32.1. The Morgan fingerprint density at radius 2 is 1.90 bits per heavy atom. The topological polar surface area (TPSA) is 88.9 Å². The highest BCUT2D eigenvalue weighted by Gasteiger charge is 2.13. The van der Waals surface area contributed by atoms with E-state index in [1.54, 1.807) is 16.7 Å². The predicted octanol–water partition coefficient (Wildman–Crippen LogP) is 3.61. The monoisotopic (exact) mass is 439 g/mol. The number of hydrogen-bond donors (Lipinski definition) is 2. The molecule has 0 aliphatic rings. The third-order valence-electron chi connectivity index (χ3n) is 4.55. The van der Waals surface area contributed by atoms with Gasteiger partial charge in [0.05, 0.1) is 36.1 Å². The van der Waals surface area contributed by atoms with Crippen molar-refractivity contribution in [3.8, 4) is 0 Å². The molecule has 1 aromatic carbocycles. The highest BCUT2D eigenvalue weighted by molar-refractivity contribution is 7.14. The van der Waals surface area contributed by atoms with E-state index in [9.17, 15) is 9.59 Å². The number of carbonyl (C=O) groups excluding carboxylic acids is 2. The van der Waals surface area contributed by atoms with Gasteiger partial charge in [-0.05, 0) is 30.5 Å². The van der Waals surface area contributed by atoms with Gasteiger partial charge < -0.3 is 15.2 Å². The molecule has 0 bridgehead atoms. The van der Waals surface area contributed by atoms with E-state index < -0.39 is 0 Å². The molecule has 2 amide bonds. The van der Waals surface area contributed by atoms with Gasteiger partial charge in [-0.15, -0.1) is 22.7 Å². The quantitative estimate of drug-likeness (QED) is 0.439. The number of hydrogen-bond acceptors (Lipinski definition) is 6. The summed E-state index contributed by atoms with van der Waals surface area (Å²) in [5.41, 5.74) is 2.62. The summed E-state index contributed by atoms with van der Waals surface area (Å²) in [4.78, 5) is 34.4. The third kappa shape index (κ3) is 4.74. The van der Waals surface area contributed by atoms with E-state index in [2.05, 4.69) is 32.1 Å². The molecule has 0 radical (unpaired) electrons. The summed E-state index contributed by atoms with van der Waals surface area (Å²) in [6.45, 7) is 3.20. The molecule has 154 valence electrons. The van der Waals surface area contributed by atoms with Crippen LogP contribution in [0.15, 0.2) is 47.2 Å². The third-order valence-corrected chi connectivity index (χ3v) is 6.23. The minimum Gasteiger partial charge on any atom is -0.349 e. The molecule has 30 heavy (non-hydrogen) atoms. The SMILES string of the molecule is CCn1c(CNC(=O)Cc2csc(NC(=O)Cc3cccs3)n2)nc2ccccc21. The first kappa shape index (κ1) is 20.2. The second-order valence-corrected chi connectivity index (χ2v) is 8.55. The first-order chi connectivity index (χ1) is 14.6. The molecule has 0 saturated heterocycles. The van der Waals surface area contributed by atoms with E-state index in [1.165, 1.54) is 11.3 Å². The van der Waals surface area contributed by atoms with Gasteiger partial charge >= 0.3 is 0 Å². The average molecular weight is 440 g/mol. The summed E-state index contributed by atoms with van der Waals surface area (Å²) in [7, 11) is 0. The fourth-order valence-electron chi connectivity index (χ4n) is 3.20. The number of nitrogens with one attached hydrogen (secondary N) is 2. The van der Waals surface area contributed by atoms with Crippen LogP contribution in [0.1, 0.15) is 23.3 Å². The Morgan fingerprint density at radius 1 is 1.03 bits per heavy atom. The van der Waals surface area contributed by atoms with Gasteiger partial charge in [0.1, 0.15) is 5.82 Å². The van der Waals surface area contributed by atoms with Crippen LogP contribution in [0.2, 0.25) is 0 Å².